The second-order valence-electron chi connectivity index (χ2n) is 4.82. The van der Waals surface area contributed by atoms with E-state index >= 15 is 0 Å². The van der Waals surface area contributed by atoms with Crippen molar-refractivity contribution in [2.75, 3.05) is 0 Å². The third-order valence-corrected chi connectivity index (χ3v) is 3.25. The summed E-state index contributed by atoms with van der Waals surface area (Å²) in [6, 6.07) is 0.0447. The van der Waals surface area contributed by atoms with Crippen molar-refractivity contribution in [2.45, 2.75) is 32.7 Å². The summed E-state index contributed by atoms with van der Waals surface area (Å²) in [4.78, 5) is 0. The lowest BCUT2D eigenvalue weighted by Crippen LogP contribution is -2.26. The van der Waals surface area contributed by atoms with E-state index in [0.29, 0.717) is 0 Å². The molecule has 2 N–H and O–H groups in total. The molecule has 0 saturated carbocycles. The van der Waals surface area contributed by atoms with Gasteiger partial charge in [-0.3, -0.25) is 9.36 Å². The minimum absolute atomic E-state index is 0.0447. The molecule has 6 heteroatoms. The lowest BCUT2D eigenvalue weighted by molar-refractivity contribution is 0.646. The Balaban J connectivity index is 2.05. The van der Waals surface area contributed by atoms with E-state index in [1.54, 1.807) is 4.68 Å². The average molecular weight is 248 g/mol. The lowest BCUT2D eigenvalue weighted by Gasteiger charge is -2.10. The molecule has 98 valence electrons. The number of nitrogens with two attached hydrogens (primary N) is 1. The third kappa shape index (κ3) is 2.59. The number of hydrogen-bond acceptors (Lipinski definition) is 4. The van der Waals surface area contributed by atoms with Gasteiger partial charge in [0.05, 0.1) is 11.4 Å². The van der Waals surface area contributed by atoms with E-state index in [-0.39, 0.29) is 6.04 Å². The van der Waals surface area contributed by atoms with Gasteiger partial charge in [-0.05, 0) is 25.8 Å². The summed E-state index contributed by atoms with van der Waals surface area (Å²) in [7, 11) is 3.82. The zero-order valence-electron chi connectivity index (χ0n) is 11.4. The predicted molar refractivity (Wildman–Crippen MR) is 69.1 cm³/mol. The van der Waals surface area contributed by atoms with Gasteiger partial charge in [0.15, 0.2) is 0 Å². The Kier molecular flexibility index (Phi) is 3.47. The summed E-state index contributed by atoms with van der Waals surface area (Å²) in [5.74, 6) is 0. The molecule has 0 aliphatic heterocycles. The molecule has 1 unspecified atom stereocenters. The van der Waals surface area contributed by atoms with Crippen LogP contribution in [0.3, 0.4) is 0 Å². The third-order valence-electron chi connectivity index (χ3n) is 3.25. The number of aromatic nitrogens is 5. The van der Waals surface area contributed by atoms with Crippen LogP contribution in [0.1, 0.15) is 22.6 Å². The quantitative estimate of drug-likeness (QED) is 0.843. The van der Waals surface area contributed by atoms with Gasteiger partial charge in [-0.2, -0.15) is 5.10 Å². The van der Waals surface area contributed by atoms with E-state index in [9.17, 15) is 0 Å². The Morgan fingerprint density at radius 3 is 2.50 bits per heavy atom. The number of hydrogen-bond donors (Lipinski definition) is 1. The van der Waals surface area contributed by atoms with Crippen molar-refractivity contribution < 1.29 is 0 Å². The molecule has 0 aliphatic carbocycles. The molecule has 18 heavy (non-hydrogen) atoms. The minimum atomic E-state index is 0.0447. The summed E-state index contributed by atoms with van der Waals surface area (Å²) in [5.41, 5.74) is 10.6. The van der Waals surface area contributed by atoms with Crippen LogP contribution in [0.25, 0.3) is 0 Å². The van der Waals surface area contributed by atoms with Gasteiger partial charge in [0.1, 0.15) is 0 Å². The average Bonchev–Trinajstić information content (AvgIpc) is 2.78. The van der Waals surface area contributed by atoms with Crippen LogP contribution in [0, 0.1) is 13.8 Å². The lowest BCUT2D eigenvalue weighted by atomic mass is 10.0. The fourth-order valence-corrected chi connectivity index (χ4v) is 2.20. The van der Waals surface area contributed by atoms with Gasteiger partial charge in [-0.15, -0.1) is 5.10 Å². The van der Waals surface area contributed by atoms with Crippen LogP contribution in [0.5, 0.6) is 0 Å². The first-order valence-electron chi connectivity index (χ1n) is 6.07. The zero-order valence-corrected chi connectivity index (χ0v) is 11.4. The maximum absolute atomic E-state index is 6.18. The van der Waals surface area contributed by atoms with Gasteiger partial charge < -0.3 is 5.73 Å². The van der Waals surface area contributed by atoms with Gasteiger partial charge in [-0.1, -0.05) is 5.21 Å². The Labute approximate surface area is 107 Å². The van der Waals surface area contributed by atoms with Gasteiger partial charge in [0, 0.05) is 38.4 Å². The van der Waals surface area contributed by atoms with Gasteiger partial charge in [0.25, 0.3) is 0 Å². The van der Waals surface area contributed by atoms with Crippen molar-refractivity contribution >= 4 is 0 Å². The maximum Gasteiger partial charge on any atom is 0.0842 e. The molecule has 0 fully saturated rings. The van der Waals surface area contributed by atoms with Crippen molar-refractivity contribution in [1.82, 2.24) is 24.8 Å². The molecule has 0 bridgehead atoms. The summed E-state index contributed by atoms with van der Waals surface area (Å²) in [6.45, 7) is 4.10. The fourth-order valence-electron chi connectivity index (χ4n) is 2.20. The first kappa shape index (κ1) is 12.8. The smallest absolute Gasteiger partial charge is 0.0842 e. The van der Waals surface area contributed by atoms with E-state index < -0.39 is 0 Å². The van der Waals surface area contributed by atoms with E-state index in [1.165, 1.54) is 11.3 Å². The standard InChI is InChI=1S/C12H20N6/c1-8-12(9(2)18(4)15-8)6-10(13)5-11-7-17(3)16-14-11/h7,10H,5-6,13H2,1-4H3. The van der Waals surface area contributed by atoms with Gasteiger partial charge in [-0.25, -0.2) is 0 Å². The van der Waals surface area contributed by atoms with Crippen LogP contribution in [0.4, 0.5) is 0 Å². The SMILES string of the molecule is Cc1nn(C)c(C)c1CC(N)Cc1cn(C)nn1. The molecule has 0 aromatic carbocycles. The first-order valence-corrected chi connectivity index (χ1v) is 6.07. The summed E-state index contributed by atoms with van der Waals surface area (Å²) >= 11 is 0. The Hall–Kier alpha value is -1.69. The first-order chi connectivity index (χ1) is 8.47. The molecule has 0 spiro atoms. The highest BCUT2D eigenvalue weighted by Crippen LogP contribution is 2.14. The molecule has 2 aromatic heterocycles. The van der Waals surface area contributed by atoms with Crippen LogP contribution >= 0.6 is 0 Å². The largest absolute Gasteiger partial charge is 0.327 e. The highest BCUT2D eigenvalue weighted by Gasteiger charge is 2.14. The van der Waals surface area contributed by atoms with E-state index in [0.717, 1.165) is 24.2 Å². The topological polar surface area (TPSA) is 74.6 Å². The predicted octanol–water partition coefficient (Wildman–Crippen LogP) is 0.278. The molecule has 0 aliphatic rings. The highest BCUT2D eigenvalue weighted by molar-refractivity contribution is 5.25. The van der Waals surface area contributed by atoms with E-state index in [4.69, 9.17) is 5.73 Å². The molecular weight excluding hydrogens is 228 g/mol. The number of nitrogens with zero attached hydrogens (tertiary/aromatic N) is 5. The molecule has 1 atom stereocenters. The van der Waals surface area contributed by atoms with Crippen LogP contribution in [-0.4, -0.2) is 30.8 Å². The molecule has 0 saturated heterocycles. The van der Waals surface area contributed by atoms with Crippen molar-refractivity contribution in [3.05, 3.63) is 28.8 Å². The molecule has 0 radical (unpaired) electrons. The molecule has 6 nitrogen and oxygen atoms in total. The number of aryl methyl sites for hydroxylation is 3. The second-order valence-corrected chi connectivity index (χ2v) is 4.82. The van der Waals surface area contributed by atoms with E-state index in [1.807, 2.05) is 31.9 Å². The summed E-state index contributed by atoms with van der Waals surface area (Å²) < 4.78 is 3.60. The van der Waals surface area contributed by atoms with Crippen LogP contribution < -0.4 is 5.73 Å². The fraction of sp³-hybridized carbons (Fsp3) is 0.583. The summed E-state index contributed by atoms with van der Waals surface area (Å²) in [5, 5.41) is 12.4. The highest BCUT2D eigenvalue weighted by atomic mass is 15.4. The monoisotopic (exact) mass is 248 g/mol. The van der Waals surface area contributed by atoms with Crippen molar-refractivity contribution in [3.8, 4) is 0 Å². The Bertz CT molecular complexity index is 539. The van der Waals surface area contributed by atoms with Crippen molar-refractivity contribution in [2.24, 2.45) is 19.8 Å². The zero-order chi connectivity index (χ0) is 13.3. The molecular formula is C12H20N6. The molecule has 2 heterocycles. The van der Waals surface area contributed by atoms with Gasteiger partial charge >= 0.3 is 0 Å². The van der Waals surface area contributed by atoms with Gasteiger partial charge in [0.2, 0.25) is 0 Å². The van der Waals surface area contributed by atoms with Crippen LogP contribution in [-0.2, 0) is 26.9 Å². The molecule has 2 rings (SSSR count). The van der Waals surface area contributed by atoms with Crippen LogP contribution in [0.15, 0.2) is 6.20 Å². The minimum Gasteiger partial charge on any atom is -0.327 e. The van der Waals surface area contributed by atoms with Crippen molar-refractivity contribution in [3.63, 3.8) is 0 Å². The number of rotatable bonds is 4. The molecule has 2 aromatic rings. The molecule has 0 amide bonds. The second kappa shape index (κ2) is 4.89. The Morgan fingerprint density at radius 1 is 1.28 bits per heavy atom. The summed E-state index contributed by atoms with van der Waals surface area (Å²) in [6.07, 6.45) is 3.46. The maximum atomic E-state index is 6.18. The Morgan fingerprint density at radius 2 is 2.00 bits per heavy atom. The van der Waals surface area contributed by atoms with Crippen LogP contribution in [0.2, 0.25) is 0 Å². The normalized spacial score (nSPS) is 12.9. The van der Waals surface area contributed by atoms with E-state index in [2.05, 4.69) is 22.3 Å². The van der Waals surface area contributed by atoms with Crippen molar-refractivity contribution in [1.29, 1.82) is 0 Å².